The van der Waals surface area contributed by atoms with E-state index in [1.165, 1.54) is 5.56 Å². The molecule has 1 atom stereocenters. The van der Waals surface area contributed by atoms with E-state index in [0.29, 0.717) is 6.42 Å². The number of aromatic nitrogens is 2. The Bertz CT molecular complexity index is 534. The molecule has 1 N–H and O–H groups in total. The first-order chi connectivity index (χ1) is 9.08. The number of nitrogens with zero attached hydrogens (tertiary/aromatic N) is 2. The van der Waals surface area contributed by atoms with Gasteiger partial charge in [0, 0.05) is 16.8 Å². The molecule has 3 nitrogen and oxygen atoms in total. The fraction of sp³-hybridized carbons (Fsp3) is 0.333. The smallest absolute Gasteiger partial charge is 0.101 e. The number of pyridine rings is 2. The highest BCUT2D eigenvalue weighted by atomic mass is 32.2. The van der Waals surface area contributed by atoms with Crippen molar-refractivity contribution in [2.45, 2.75) is 43.2 Å². The van der Waals surface area contributed by atoms with Gasteiger partial charge in [-0.2, -0.15) is 0 Å². The highest BCUT2D eigenvalue weighted by molar-refractivity contribution is 7.99. The van der Waals surface area contributed by atoms with Crippen LogP contribution < -0.4 is 0 Å². The van der Waals surface area contributed by atoms with Gasteiger partial charge in [0.25, 0.3) is 0 Å². The van der Waals surface area contributed by atoms with Crippen molar-refractivity contribution >= 4 is 11.8 Å². The molecule has 0 saturated carbocycles. The first-order valence-corrected chi connectivity index (χ1v) is 7.17. The molecule has 0 saturated heterocycles. The summed E-state index contributed by atoms with van der Waals surface area (Å²) in [5.74, 6) is 0. The van der Waals surface area contributed by atoms with Crippen LogP contribution in [0.4, 0.5) is 0 Å². The van der Waals surface area contributed by atoms with E-state index in [4.69, 9.17) is 0 Å². The van der Waals surface area contributed by atoms with E-state index in [-0.39, 0.29) is 0 Å². The van der Waals surface area contributed by atoms with Crippen molar-refractivity contribution in [2.75, 3.05) is 0 Å². The van der Waals surface area contributed by atoms with Crippen LogP contribution in [0.2, 0.25) is 0 Å². The van der Waals surface area contributed by atoms with Gasteiger partial charge >= 0.3 is 0 Å². The van der Waals surface area contributed by atoms with Crippen LogP contribution in [0.25, 0.3) is 0 Å². The van der Waals surface area contributed by atoms with Gasteiger partial charge in [0.1, 0.15) is 5.03 Å². The van der Waals surface area contributed by atoms with Crippen LogP contribution in [0.3, 0.4) is 0 Å². The summed E-state index contributed by atoms with van der Waals surface area (Å²) in [5.41, 5.74) is 2.95. The third kappa shape index (κ3) is 3.78. The average molecular weight is 274 g/mol. The highest BCUT2D eigenvalue weighted by Gasteiger charge is 2.07. The summed E-state index contributed by atoms with van der Waals surface area (Å²) in [6.45, 7) is 6.00. The molecule has 0 bridgehead atoms. The standard InChI is InChI=1S/C15H18N2OS/c1-4-14(18)13-6-5-12(9-16-13)19-15-8-10(2)7-11(3)17-15/h5-9,14,18H,4H2,1-3H3/t14-/m1/s1. The zero-order chi connectivity index (χ0) is 13.8. The molecule has 0 aliphatic carbocycles. The number of aliphatic hydroxyl groups is 1. The normalized spacial score (nSPS) is 12.4. The minimum absolute atomic E-state index is 0.474. The van der Waals surface area contributed by atoms with Crippen LogP contribution in [0, 0.1) is 13.8 Å². The SMILES string of the molecule is CC[C@@H](O)c1ccc(Sc2cc(C)cc(C)n2)cn1. The van der Waals surface area contributed by atoms with Gasteiger partial charge in [-0.25, -0.2) is 4.98 Å². The summed E-state index contributed by atoms with van der Waals surface area (Å²) in [4.78, 5) is 9.81. The molecule has 0 radical (unpaired) electrons. The molecule has 0 amide bonds. The lowest BCUT2D eigenvalue weighted by molar-refractivity contribution is 0.169. The molecule has 100 valence electrons. The van der Waals surface area contributed by atoms with Gasteiger partial charge in [0.2, 0.25) is 0 Å². The van der Waals surface area contributed by atoms with Crippen molar-refractivity contribution in [1.82, 2.24) is 9.97 Å². The lowest BCUT2D eigenvalue weighted by Gasteiger charge is -2.08. The van der Waals surface area contributed by atoms with E-state index in [0.717, 1.165) is 21.3 Å². The monoisotopic (exact) mass is 274 g/mol. The second-order valence-corrected chi connectivity index (χ2v) is 5.66. The Kier molecular flexibility index (Phi) is 4.56. The van der Waals surface area contributed by atoms with Crippen molar-refractivity contribution in [3.63, 3.8) is 0 Å². The second-order valence-electron chi connectivity index (χ2n) is 4.57. The largest absolute Gasteiger partial charge is 0.387 e. The molecule has 0 aliphatic rings. The molecule has 0 spiro atoms. The Balaban J connectivity index is 2.15. The number of rotatable bonds is 4. The molecular formula is C15H18N2OS. The summed E-state index contributed by atoms with van der Waals surface area (Å²) >= 11 is 1.59. The van der Waals surface area contributed by atoms with E-state index in [1.54, 1.807) is 18.0 Å². The quantitative estimate of drug-likeness (QED) is 0.923. The van der Waals surface area contributed by atoms with E-state index in [9.17, 15) is 5.11 Å². The minimum atomic E-state index is -0.474. The molecule has 2 heterocycles. The Morgan fingerprint density at radius 3 is 2.63 bits per heavy atom. The van der Waals surface area contributed by atoms with Gasteiger partial charge in [0.15, 0.2) is 0 Å². The first kappa shape index (κ1) is 14.0. The van der Waals surface area contributed by atoms with E-state index in [2.05, 4.69) is 29.0 Å². The molecule has 0 aliphatic heterocycles. The molecule has 19 heavy (non-hydrogen) atoms. The van der Waals surface area contributed by atoms with Crippen molar-refractivity contribution < 1.29 is 5.11 Å². The maximum atomic E-state index is 9.70. The number of hydrogen-bond acceptors (Lipinski definition) is 4. The van der Waals surface area contributed by atoms with Gasteiger partial charge in [-0.3, -0.25) is 4.98 Å². The van der Waals surface area contributed by atoms with E-state index >= 15 is 0 Å². The molecule has 2 aromatic rings. The zero-order valence-corrected chi connectivity index (χ0v) is 12.2. The number of aryl methyl sites for hydroxylation is 2. The van der Waals surface area contributed by atoms with Gasteiger partial charge < -0.3 is 5.11 Å². The summed E-state index contributed by atoms with van der Waals surface area (Å²) in [6, 6.07) is 7.97. The topological polar surface area (TPSA) is 46.0 Å². The molecule has 4 heteroatoms. The zero-order valence-electron chi connectivity index (χ0n) is 11.4. The lowest BCUT2D eigenvalue weighted by Crippen LogP contribution is -1.98. The van der Waals surface area contributed by atoms with Crippen molar-refractivity contribution in [1.29, 1.82) is 0 Å². The number of aliphatic hydroxyl groups excluding tert-OH is 1. The molecule has 0 aromatic carbocycles. The van der Waals surface area contributed by atoms with Crippen LogP contribution in [0.15, 0.2) is 40.4 Å². The fourth-order valence-corrected chi connectivity index (χ4v) is 2.75. The van der Waals surface area contributed by atoms with Gasteiger partial charge in [-0.15, -0.1) is 0 Å². The van der Waals surface area contributed by atoms with Crippen molar-refractivity contribution in [2.24, 2.45) is 0 Å². The van der Waals surface area contributed by atoms with Gasteiger partial charge in [-0.05, 0) is 50.1 Å². The third-order valence-corrected chi connectivity index (χ3v) is 3.68. The Morgan fingerprint density at radius 1 is 1.26 bits per heavy atom. The summed E-state index contributed by atoms with van der Waals surface area (Å²) in [5, 5.41) is 10.7. The molecule has 0 unspecified atom stereocenters. The van der Waals surface area contributed by atoms with Gasteiger partial charge in [0.05, 0.1) is 11.8 Å². The summed E-state index contributed by atoms with van der Waals surface area (Å²) in [7, 11) is 0. The average Bonchev–Trinajstić information content (AvgIpc) is 2.37. The Morgan fingerprint density at radius 2 is 2.05 bits per heavy atom. The predicted molar refractivity (Wildman–Crippen MR) is 77.3 cm³/mol. The van der Waals surface area contributed by atoms with Crippen LogP contribution >= 0.6 is 11.8 Å². The third-order valence-electron chi connectivity index (χ3n) is 2.78. The maximum Gasteiger partial charge on any atom is 0.101 e. The van der Waals surface area contributed by atoms with Crippen molar-refractivity contribution in [3.05, 3.63) is 47.4 Å². The number of hydrogen-bond donors (Lipinski definition) is 1. The van der Waals surface area contributed by atoms with Crippen LogP contribution in [-0.2, 0) is 0 Å². The molecular weight excluding hydrogens is 256 g/mol. The first-order valence-electron chi connectivity index (χ1n) is 6.35. The van der Waals surface area contributed by atoms with Crippen LogP contribution in [0.1, 0.15) is 36.4 Å². The minimum Gasteiger partial charge on any atom is -0.387 e. The fourth-order valence-electron chi connectivity index (χ4n) is 1.84. The highest BCUT2D eigenvalue weighted by Crippen LogP contribution is 2.27. The second kappa shape index (κ2) is 6.17. The van der Waals surface area contributed by atoms with Crippen molar-refractivity contribution in [3.8, 4) is 0 Å². The summed E-state index contributed by atoms with van der Waals surface area (Å²) < 4.78 is 0. The van der Waals surface area contributed by atoms with Gasteiger partial charge in [-0.1, -0.05) is 18.7 Å². The molecule has 0 fully saturated rings. The Hall–Kier alpha value is -1.39. The van der Waals surface area contributed by atoms with E-state index in [1.807, 2.05) is 26.0 Å². The lowest BCUT2D eigenvalue weighted by atomic mass is 10.2. The summed E-state index contributed by atoms with van der Waals surface area (Å²) in [6.07, 6.45) is 1.99. The van der Waals surface area contributed by atoms with Crippen LogP contribution in [-0.4, -0.2) is 15.1 Å². The molecule has 2 aromatic heterocycles. The molecule has 2 rings (SSSR count). The Labute approximate surface area is 118 Å². The maximum absolute atomic E-state index is 9.70. The predicted octanol–water partition coefficient (Wildman–Crippen LogP) is 3.69. The van der Waals surface area contributed by atoms with E-state index < -0.39 is 6.10 Å². The van der Waals surface area contributed by atoms with Crippen LogP contribution in [0.5, 0.6) is 0 Å².